The molecule has 2 heterocycles. The fraction of sp³-hybridized carbons (Fsp3) is 0.357. The van der Waals surface area contributed by atoms with Crippen LogP contribution in [0, 0.1) is 17.5 Å². The van der Waals surface area contributed by atoms with E-state index in [9.17, 15) is 33.6 Å². The first-order valence-electron chi connectivity index (χ1n) is 12.5. The van der Waals surface area contributed by atoms with Crippen LogP contribution in [-0.2, 0) is 4.74 Å². The molecule has 0 aliphatic carbocycles. The maximum absolute atomic E-state index is 13.8. The Bertz CT molecular complexity index is 1490. The third-order valence-corrected chi connectivity index (χ3v) is 8.72. The summed E-state index contributed by atoms with van der Waals surface area (Å²) in [5.74, 6) is -4.43. The van der Waals surface area contributed by atoms with Gasteiger partial charge in [0.05, 0.1) is 23.7 Å². The van der Waals surface area contributed by atoms with Gasteiger partial charge < -0.3 is 25.2 Å². The smallest absolute Gasteiger partial charge is 0.194 e. The van der Waals surface area contributed by atoms with E-state index in [2.05, 4.69) is 10.3 Å². The Hall–Kier alpha value is -3.00. The van der Waals surface area contributed by atoms with Gasteiger partial charge in [-0.25, -0.2) is 17.9 Å². The second-order valence-corrected chi connectivity index (χ2v) is 11.5. The number of nitrogens with zero attached hydrogens (tertiary/aromatic N) is 3. The van der Waals surface area contributed by atoms with E-state index in [1.165, 1.54) is 6.20 Å². The molecule has 3 aromatic carbocycles. The van der Waals surface area contributed by atoms with Crippen LogP contribution in [0.5, 0.6) is 0 Å². The summed E-state index contributed by atoms with van der Waals surface area (Å²) in [5.41, 5.74) is -1.65. The van der Waals surface area contributed by atoms with Crippen LogP contribution in [0.4, 0.5) is 13.2 Å². The molecule has 212 valence electrons. The second-order valence-electron chi connectivity index (χ2n) is 10.3. The number of rotatable bonds is 7. The van der Waals surface area contributed by atoms with E-state index in [-0.39, 0.29) is 11.3 Å². The molecule has 1 aliphatic heterocycles. The lowest BCUT2D eigenvalue weighted by molar-refractivity contribution is -0.178. The van der Waals surface area contributed by atoms with Crippen molar-refractivity contribution in [3.63, 3.8) is 0 Å². The number of benzene rings is 3. The van der Waals surface area contributed by atoms with E-state index in [0.717, 1.165) is 44.9 Å². The van der Waals surface area contributed by atoms with E-state index in [4.69, 9.17) is 4.74 Å². The molecule has 40 heavy (non-hydrogen) atoms. The van der Waals surface area contributed by atoms with E-state index in [0.29, 0.717) is 0 Å². The summed E-state index contributed by atoms with van der Waals surface area (Å²) >= 11 is 1.13. The van der Waals surface area contributed by atoms with Crippen molar-refractivity contribution in [2.45, 2.75) is 54.5 Å². The molecule has 1 fully saturated rings. The molecule has 1 saturated heterocycles. The SMILES string of the molecule is CC(C)(O)C(S[C@@H]1O[C@H](CO)[C@H](O)[C@H](n2cc(-c3cc(F)c(F)c(F)c3)nn2)[C@H]1O)c1cccc2ccccc12. The fourth-order valence-corrected chi connectivity index (χ4v) is 6.47. The van der Waals surface area contributed by atoms with Gasteiger partial charge in [0, 0.05) is 5.56 Å². The Morgan fingerprint density at radius 1 is 1.02 bits per heavy atom. The molecule has 0 radical (unpaired) electrons. The molecular weight excluding hydrogens is 547 g/mol. The van der Waals surface area contributed by atoms with Gasteiger partial charge in [0.25, 0.3) is 0 Å². The number of aromatic nitrogens is 3. The number of halogens is 3. The van der Waals surface area contributed by atoms with Gasteiger partial charge in [0.2, 0.25) is 0 Å². The average molecular weight is 576 g/mol. The molecule has 5 rings (SSSR count). The van der Waals surface area contributed by atoms with Gasteiger partial charge in [-0.1, -0.05) is 47.7 Å². The fourth-order valence-electron chi connectivity index (χ4n) is 4.98. The van der Waals surface area contributed by atoms with Crippen LogP contribution in [0.2, 0.25) is 0 Å². The first-order chi connectivity index (χ1) is 19.0. The van der Waals surface area contributed by atoms with Crippen LogP contribution < -0.4 is 0 Å². The van der Waals surface area contributed by atoms with Gasteiger partial charge in [-0.05, 0) is 42.3 Å². The largest absolute Gasteiger partial charge is 0.394 e. The standard InChI is InChI=1S/C28H28F3N3O5S/c1-28(2,38)26(17-9-5-7-14-6-3-4-8-16(14)17)40-27-25(37)23(24(36)21(13-35)39-27)34-12-20(32-33-34)15-10-18(29)22(31)19(30)11-15/h3-12,21,23-27,35-38H,13H2,1-2H3/t21-,23+,24+,25-,26?,27+/m1/s1. The quantitative estimate of drug-likeness (QED) is 0.246. The summed E-state index contributed by atoms with van der Waals surface area (Å²) in [6.45, 7) is 2.70. The molecular formula is C28H28F3N3O5S. The minimum absolute atomic E-state index is 0.0291. The molecule has 0 amide bonds. The van der Waals surface area contributed by atoms with E-state index in [1.807, 2.05) is 42.5 Å². The minimum atomic E-state index is -1.62. The zero-order valence-corrected chi connectivity index (χ0v) is 22.3. The van der Waals surface area contributed by atoms with Gasteiger partial charge in [-0.2, -0.15) is 0 Å². The summed E-state index contributed by atoms with van der Waals surface area (Å²) in [7, 11) is 0. The first kappa shape index (κ1) is 28.5. The van der Waals surface area contributed by atoms with Crippen molar-refractivity contribution in [3.05, 3.63) is 83.8 Å². The summed E-state index contributed by atoms with van der Waals surface area (Å²) in [5, 5.41) is 52.6. The summed E-state index contributed by atoms with van der Waals surface area (Å²) in [4.78, 5) is 0. The lowest BCUT2D eigenvalue weighted by Crippen LogP contribution is -2.55. The number of aliphatic hydroxyl groups excluding tert-OH is 3. The maximum atomic E-state index is 13.8. The number of hydrogen-bond donors (Lipinski definition) is 4. The number of aliphatic hydroxyl groups is 4. The molecule has 4 aromatic rings. The molecule has 6 atom stereocenters. The van der Waals surface area contributed by atoms with Crippen LogP contribution >= 0.6 is 11.8 Å². The Kier molecular flexibility index (Phi) is 7.92. The molecule has 0 saturated carbocycles. The Balaban J connectivity index is 1.49. The zero-order valence-electron chi connectivity index (χ0n) is 21.5. The highest BCUT2D eigenvalue weighted by Crippen LogP contribution is 2.47. The molecule has 8 nitrogen and oxygen atoms in total. The lowest BCUT2D eigenvalue weighted by atomic mass is 9.93. The third-order valence-electron chi connectivity index (χ3n) is 6.96. The Morgan fingerprint density at radius 2 is 1.70 bits per heavy atom. The van der Waals surface area contributed by atoms with Gasteiger partial charge in [0.15, 0.2) is 17.5 Å². The minimum Gasteiger partial charge on any atom is -0.394 e. The van der Waals surface area contributed by atoms with Crippen molar-refractivity contribution in [1.82, 2.24) is 15.0 Å². The summed E-state index contributed by atoms with van der Waals surface area (Å²) in [6, 6.07) is 13.7. The van der Waals surface area contributed by atoms with E-state index in [1.54, 1.807) is 13.8 Å². The van der Waals surface area contributed by atoms with Crippen molar-refractivity contribution in [2.75, 3.05) is 6.61 Å². The van der Waals surface area contributed by atoms with Crippen molar-refractivity contribution >= 4 is 22.5 Å². The second kappa shape index (κ2) is 11.1. The Labute approximate surface area is 232 Å². The zero-order chi connectivity index (χ0) is 28.8. The van der Waals surface area contributed by atoms with Crippen LogP contribution in [0.25, 0.3) is 22.0 Å². The normalized spacial score (nSPS) is 24.4. The van der Waals surface area contributed by atoms with Crippen molar-refractivity contribution in [3.8, 4) is 11.3 Å². The van der Waals surface area contributed by atoms with Crippen LogP contribution in [-0.4, -0.2) is 71.4 Å². The highest BCUT2D eigenvalue weighted by Gasteiger charge is 2.48. The Morgan fingerprint density at radius 3 is 2.38 bits per heavy atom. The predicted molar refractivity (Wildman–Crippen MR) is 143 cm³/mol. The lowest BCUT2D eigenvalue weighted by Gasteiger charge is -2.44. The highest BCUT2D eigenvalue weighted by atomic mass is 32.2. The van der Waals surface area contributed by atoms with Gasteiger partial charge >= 0.3 is 0 Å². The van der Waals surface area contributed by atoms with Crippen molar-refractivity contribution in [1.29, 1.82) is 0 Å². The molecule has 0 bridgehead atoms. The third kappa shape index (κ3) is 5.35. The van der Waals surface area contributed by atoms with Crippen molar-refractivity contribution < 1.29 is 38.3 Å². The molecule has 1 unspecified atom stereocenters. The van der Waals surface area contributed by atoms with Crippen LogP contribution in [0.15, 0.2) is 60.8 Å². The molecule has 0 spiro atoms. The van der Waals surface area contributed by atoms with Gasteiger partial charge in [0.1, 0.15) is 35.5 Å². The van der Waals surface area contributed by atoms with Crippen LogP contribution in [0.1, 0.15) is 30.7 Å². The van der Waals surface area contributed by atoms with E-state index >= 15 is 0 Å². The summed E-state index contributed by atoms with van der Waals surface area (Å²) in [6.07, 6.45) is -2.73. The predicted octanol–water partition coefficient (Wildman–Crippen LogP) is 3.74. The van der Waals surface area contributed by atoms with E-state index < -0.39 is 64.7 Å². The highest BCUT2D eigenvalue weighted by molar-refractivity contribution is 8.00. The maximum Gasteiger partial charge on any atom is 0.194 e. The summed E-state index contributed by atoms with van der Waals surface area (Å²) < 4.78 is 48.1. The van der Waals surface area contributed by atoms with Gasteiger partial charge in [-0.15, -0.1) is 16.9 Å². The van der Waals surface area contributed by atoms with Crippen LogP contribution in [0.3, 0.4) is 0 Å². The number of thioether (sulfide) groups is 1. The number of fused-ring (bicyclic) bond motifs is 1. The van der Waals surface area contributed by atoms with Gasteiger partial charge in [-0.3, -0.25) is 0 Å². The molecule has 12 heteroatoms. The average Bonchev–Trinajstić information content (AvgIpc) is 3.40. The number of hydrogen-bond acceptors (Lipinski definition) is 8. The topological polar surface area (TPSA) is 121 Å². The number of ether oxygens (including phenoxy) is 1. The molecule has 4 N–H and O–H groups in total. The monoisotopic (exact) mass is 575 g/mol. The molecule has 1 aliphatic rings. The molecule has 1 aromatic heterocycles. The van der Waals surface area contributed by atoms with Crippen molar-refractivity contribution in [2.24, 2.45) is 0 Å². The first-order valence-corrected chi connectivity index (χ1v) is 13.5.